The first kappa shape index (κ1) is 17.6. The SMILES string of the molecule is Cc1c(CC(=O)Nc2ccc3[nH]c(=O)n(C)c3c2)c(=O)oc2cc(O)ccc12. The van der Waals surface area contributed by atoms with Crippen LogP contribution in [0.4, 0.5) is 5.69 Å². The van der Waals surface area contributed by atoms with Crippen LogP contribution in [-0.2, 0) is 18.3 Å². The first-order chi connectivity index (χ1) is 13.3. The molecular weight excluding hydrogens is 362 g/mol. The molecule has 0 aliphatic carbocycles. The number of hydrogen-bond acceptors (Lipinski definition) is 5. The number of carbonyl (C=O) groups is 1. The Hall–Kier alpha value is -3.81. The van der Waals surface area contributed by atoms with E-state index < -0.39 is 5.63 Å². The average Bonchev–Trinajstić information content (AvgIpc) is 2.92. The summed E-state index contributed by atoms with van der Waals surface area (Å²) in [6.45, 7) is 1.74. The Balaban J connectivity index is 1.63. The molecule has 1 amide bonds. The van der Waals surface area contributed by atoms with Crippen LogP contribution in [0.3, 0.4) is 0 Å². The van der Waals surface area contributed by atoms with Crippen molar-refractivity contribution >= 4 is 33.6 Å². The number of aromatic hydroxyl groups is 1. The first-order valence-electron chi connectivity index (χ1n) is 8.57. The highest BCUT2D eigenvalue weighted by Crippen LogP contribution is 2.24. The summed E-state index contributed by atoms with van der Waals surface area (Å²) in [4.78, 5) is 39.2. The van der Waals surface area contributed by atoms with Crippen molar-refractivity contribution in [1.29, 1.82) is 0 Å². The fourth-order valence-electron chi connectivity index (χ4n) is 3.25. The second-order valence-electron chi connectivity index (χ2n) is 6.62. The number of aromatic nitrogens is 2. The highest BCUT2D eigenvalue weighted by molar-refractivity contribution is 5.95. The van der Waals surface area contributed by atoms with Gasteiger partial charge >= 0.3 is 11.3 Å². The smallest absolute Gasteiger partial charge is 0.340 e. The van der Waals surface area contributed by atoms with E-state index in [2.05, 4.69) is 10.3 Å². The van der Waals surface area contributed by atoms with Gasteiger partial charge in [0.15, 0.2) is 0 Å². The van der Waals surface area contributed by atoms with Crippen LogP contribution in [0.15, 0.2) is 50.4 Å². The molecule has 0 aliphatic heterocycles. The van der Waals surface area contributed by atoms with Crippen molar-refractivity contribution in [2.45, 2.75) is 13.3 Å². The number of imidazole rings is 1. The van der Waals surface area contributed by atoms with Crippen molar-refractivity contribution < 1.29 is 14.3 Å². The van der Waals surface area contributed by atoms with E-state index in [0.29, 0.717) is 27.7 Å². The van der Waals surface area contributed by atoms with Gasteiger partial charge in [0.1, 0.15) is 11.3 Å². The number of anilines is 1. The fourth-order valence-corrected chi connectivity index (χ4v) is 3.25. The van der Waals surface area contributed by atoms with Gasteiger partial charge in [-0.1, -0.05) is 0 Å². The standard InChI is InChI=1S/C20H17N3O5/c1-10-13-5-4-12(24)8-17(13)28-19(26)14(10)9-18(25)21-11-3-6-15-16(7-11)23(2)20(27)22-15/h3-8,24H,9H2,1-2H3,(H,21,25)(H,22,27). The summed E-state index contributed by atoms with van der Waals surface area (Å²) in [6.07, 6.45) is -0.158. The molecule has 0 radical (unpaired) electrons. The molecule has 142 valence electrons. The van der Waals surface area contributed by atoms with Crippen LogP contribution in [0, 0.1) is 6.92 Å². The van der Waals surface area contributed by atoms with Crippen molar-refractivity contribution in [3.63, 3.8) is 0 Å². The molecule has 8 heteroatoms. The molecule has 28 heavy (non-hydrogen) atoms. The van der Waals surface area contributed by atoms with Crippen LogP contribution in [0.2, 0.25) is 0 Å². The van der Waals surface area contributed by atoms with E-state index in [9.17, 15) is 19.5 Å². The lowest BCUT2D eigenvalue weighted by Gasteiger charge is -2.09. The summed E-state index contributed by atoms with van der Waals surface area (Å²) in [6, 6.07) is 9.57. The summed E-state index contributed by atoms with van der Waals surface area (Å²) in [7, 11) is 1.63. The number of nitrogens with zero attached hydrogens (tertiary/aromatic N) is 1. The molecular formula is C20H17N3O5. The Bertz CT molecular complexity index is 1360. The van der Waals surface area contributed by atoms with Crippen LogP contribution in [-0.4, -0.2) is 20.6 Å². The van der Waals surface area contributed by atoms with Gasteiger partial charge in [-0.3, -0.25) is 9.36 Å². The van der Waals surface area contributed by atoms with Gasteiger partial charge in [0.05, 0.1) is 23.0 Å². The first-order valence-corrected chi connectivity index (χ1v) is 8.57. The molecule has 0 aliphatic rings. The molecule has 0 spiro atoms. The van der Waals surface area contributed by atoms with Crippen LogP contribution < -0.4 is 16.6 Å². The summed E-state index contributed by atoms with van der Waals surface area (Å²) in [5.41, 5.74) is 2.13. The molecule has 0 fully saturated rings. The third kappa shape index (κ3) is 2.94. The number of amides is 1. The molecule has 0 unspecified atom stereocenters. The van der Waals surface area contributed by atoms with Gasteiger partial charge in [0.2, 0.25) is 5.91 Å². The van der Waals surface area contributed by atoms with Gasteiger partial charge < -0.3 is 19.8 Å². The summed E-state index contributed by atoms with van der Waals surface area (Å²) in [5, 5.41) is 12.9. The van der Waals surface area contributed by atoms with E-state index in [1.165, 1.54) is 16.7 Å². The molecule has 0 bridgehead atoms. The molecule has 2 heterocycles. The molecule has 4 rings (SSSR count). The second kappa shape index (κ2) is 6.41. The van der Waals surface area contributed by atoms with Crippen molar-refractivity contribution in [2.75, 3.05) is 5.32 Å². The summed E-state index contributed by atoms with van der Waals surface area (Å²) in [5.74, 6) is -0.386. The number of nitrogens with one attached hydrogen (secondary N) is 2. The van der Waals surface area contributed by atoms with Crippen molar-refractivity contribution in [2.24, 2.45) is 7.05 Å². The maximum atomic E-state index is 12.5. The van der Waals surface area contributed by atoms with E-state index in [1.54, 1.807) is 38.2 Å². The van der Waals surface area contributed by atoms with E-state index in [0.717, 1.165) is 0 Å². The van der Waals surface area contributed by atoms with Crippen LogP contribution in [0.5, 0.6) is 5.75 Å². The Morgan fingerprint density at radius 2 is 2.00 bits per heavy atom. The number of carbonyl (C=O) groups excluding carboxylic acids is 1. The van der Waals surface area contributed by atoms with E-state index >= 15 is 0 Å². The predicted molar refractivity (Wildman–Crippen MR) is 105 cm³/mol. The third-order valence-corrected chi connectivity index (χ3v) is 4.80. The van der Waals surface area contributed by atoms with Gasteiger partial charge in [-0.15, -0.1) is 0 Å². The van der Waals surface area contributed by atoms with E-state index in [-0.39, 0.29) is 34.9 Å². The topological polar surface area (TPSA) is 117 Å². The molecule has 2 aromatic carbocycles. The van der Waals surface area contributed by atoms with Gasteiger partial charge in [0, 0.05) is 24.2 Å². The van der Waals surface area contributed by atoms with Crippen LogP contribution >= 0.6 is 0 Å². The molecule has 0 atom stereocenters. The highest BCUT2D eigenvalue weighted by atomic mass is 16.4. The quantitative estimate of drug-likeness (QED) is 0.472. The van der Waals surface area contributed by atoms with Gasteiger partial charge in [-0.25, -0.2) is 9.59 Å². The lowest BCUT2D eigenvalue weighted by atomic mass is 10.0. The van der Waals surface area contributed by atoms with Crippen molar-refractivity contribution in [3.05, 3.63) is 68.4 Å². The van der Waals surface area contributed by atoms with Gasteiger partial charge in [-0.05, 0) is 42.8 Å². The average molecular weight is 379 g/mol. The van der Waals surface area contributed by atoms with E-state index in [4.69, 9.17) is 4.42 Å². The zero-order valence-corrected chi connectivity index (χ0v) is 15.2. The number of benzene rings is 2. The van der Waals surface area contributed by atoms with Gasteiger partial charge in [0.25, 0.3) is 0 Å². The normalized spacial score (nSPS) is 11.2. The Morgan fingerprint density at radius 1 is 1.21 bits per heavy atom. The minimum atomic E-state index is -0.616. The number of aromatic amines is 1. The summed E-state index contributed by atoms with van der Waals surface area (Å²) >= 11 is 0. The number of aryl methyl sites for hydroxylation is 2. The number of rotatable bonds is 3. The zero-order chi connectivity index (χ0) is 20.0. The number of phenols is 1. The number of fused-ring (bicyclic) bond motifs is 2. The number of phenolic OH excluding ortho intramolecular Hbond substituents is 1. The second-order valence-corrected chi connectivity index (χ2v) is 6.62. The van der Waals surface area contributed by atoms with Crippen LogP contribution in [0.25, 0.3) is 22.0 Å². The predicted octanol–water partition coefficient (Wildman–Crippen LogP) is 2.17. The zero-order valence-electron chi connectivity index (χ0n) is 15.2. The van der Waals surface area contributed by atoms with E-state index in [1.807, 2.05) is 0 Å². The molecule has 8 nitrogen and oxygen atoms in total. The minimum Gasteiger partial charge on any atom is -0.508 e. The van der Waals surface area contributed by atoms with Crippen molar-refractivity contribution in [3.8, 4) is 5.75 Å². The lowest BCUT2D eigenvalue weighted by molar-refractivity contribution is -0.115. The summed E-state index contributed by atoms with van der Waals surface area (Å²) < 4.78 is 6.69. The molecule has 4 aromatic rings. The molecule has 0 saturated carbocycles. The van der Waals surface area contributed by atoms with Crippen LogP contribution in [0.1, 0.15) is 11.1 Å². The monoisotopic (exact) mass is 379 g/mol. The number of H-pyrrole nitrogens is 1. The molecule has 0 saturated heterocycles. The minimum absolute atomic E-state index is 0.00454. The maximum Gasteiger partial charge on any atom is 0.340 e. The highest BCUT2D eigenvalue weighted by Gasteiger charge is 2.16. The van der Waals surface area contributed by atoms with Gasteiger partial charge in [-0.2, -0.15) is 0 Å². The molecule has 3 N–H and O–H groups in total. The van der Waals surface area contributed by atoms with Crippen molar-refractivity contribution in [1.82, 2.24) is 9.55 Å². The largest absolute Gasteiger partial charge is 0.508 e. The Labute approximate surface area is 158 Å². The maximum absolute atomic E-state index is 12.5. The lowest BCUT2D eigenvalue weighted by Crippen LogP contribution is -2.20. The Morgan fingerprint density at radius 3 is 2.79 bits per heavy atom. The fraction of sp³-hybridized carbons (Fsp3) is 0.150. The number of hydrogen-bond donors (Lipinski definition) is 3. The Kier molecular flexibility index (Phi) is 4.03. The third-order valence-electron chi connectivity index (χ3n) is 4.80. The molecule has 2 aromatic heterocycles.